The van der Waals surface area contributed by atoms with Crippen LogP contribution >= 0.6 is 0 Å². The van der Waals surface area contributed by atoms with Crippen molar-refractivity contribution in [3.05, 3.63) is 46.3 Å². The first-order valence-electron chi connectivity index (χ1n) is 15.6. The zero-order chi connectivity index (χ0) is 31.0. The van der Waals surface area contributed by atoms with Crippen molar-refractivity contribution >= 4 is 17.7 Å². The van der Waals surface area contributed by atoms with E-state index in [4.69, 9.17) is 10.5 Å². The van der Waals surface area contributed by atoms with Crippen molar-refractivity contribution in [2.24, 2.45) is 38.7 Å². The predicted molar refractivity (Wildman–Crippen MR) is 163 cm³/mol. The van der Waals surface area contributed by atoms with Gasteiger partial charge >= 0.3 is 5.97 Å². The van der Waals surface area contributed by atoms with Crippen LogP contribution < -0.4 is 5.73 Å². The minimum atomic E-state index is -0.677. The van der Waals surface area contributed by atoms with E-state index in [1.165, 1.54) is 5.57 Å². The number of ether oxygens (including phenoxy) is 1. The summed E-state index contributed by atoms with van der Waals surface area (Å²) in [5.74, 6) is -0.886. The molecule has 1 amide bonds. The van der Waals surface area contributed by atoms with Crippen LogP contribution in [0.3, 0.4) is 0 Å². The van der Waals surface area contributed by atoms with E-state index in [0.29, 0.717) is 18.1 Å². The number of nitrogens with two attached hydrogens (primary N) is 1. The largest absolute Gasteiger partial charge is 0.504 e. The number of ketones is 1. The molecule has 0 aromatic rings. The molecule has 7 atom stereocenters. The van der Waals surface area contributed by atoms with Gasteiger partial charge in [-0.3, -0.25) is 19.3 Å². The van der Waals surface area contributed by atoms with Crippen LogP contribution in [0.4, 0.5) is 0 Å². The molecule has 3 N–H and O–H groups in total. The molecule has 5 aliphatic carbocycles. The van der Waals surface area contributed by atoms with Crippen LogP contribution in [0.1, 0.15) is 92.9 Å². The summed E-state index contributed by atoms with van der Waals surface area (Å²) in [6, 6.07) is -0.677. The van der Waals surface area contributed by atoms with Crippen molar-refractivity contribution in [3.8, 4) is 0 Å². The summed E-state index contributed by atoms with van der Waals surface area (Å²) in [5.41, 5.74) is 9.34. The lowest BCUT2D eigenvalue weighted by Crippen LogP contribution is -2.62. The number of carbonyl (C=O) groups excluding carboxylic acids is 3. The van der Waals surface area contributed by atoms with Crippen molar-refractivity contribution in [2.75, 3.05) is 20.7 Å². The second-order valence-electron chi connectivity index (χ2n) is 15.6. The average molecular weight is 579 g/mol. The van der Waals surface area contributed by atoms with Crippen LogP contribution in [0.15, 0.2) is 46.3 Å². The SMILES string of the molecule is CC1=C(O)C(=O)C=C2C1=CC=C1[C@@]2(C)CC[C@@]2(C)[C@@H]3C[C@](C)(COC(=O)C(CC(N)=O)N(C)C)CC[C@]3(C)CC[C@]12C. The Hall–Kier alpha value is -2.67. The maximum absolute atomic E-state index is 13.0. The molecule has 0 aliphatic heterocycles. The number of aliphatic hydroxyl groups excluding tert-OH is 1. The molecule has 5 rings (SSSR count). The van der Waals surface area contributed by atoms with Crippen molar-refractivity contribution in [2.45, 2.75) is 99.0 Å². The zero-order valence-electron chi connectivity index (χ0n) is 26.9. The number of likely N-dealkylation sites (N-methyl/N-ethyl adjacent to an activating group) is 1. The van der Waals surface area contributed by atoms with E-state index in [0.717, 1.165) is 56.1 Å². The van der Waals surface area contributed by atoms with Gasteiger partial charge in [-0.2, -0.15) is 0 Å². The standard InChI is InChI=1S/C35H50N2O5/c1-21-22-9-10-26-33(4,23(22)17-25(38)29(21)40)14-16-35(6)27-19-31(2,11-12-32(27,3)13-15-34(26,35)5)20-42-30(41)24(37(7)8)18-28(36)39/h9-10,17,24,27,40H,11-16,18-20H2,1-8H3,(H2,36,39)/t24?,27-,31-,32-,33+,34-,35+/m1/s1. The van der Waals surface area contributed by atoms with Gasteiger partial charge in [0.2, 0.25) is 11.7 Å². The summed E-state index contributed by atoms with van der Waals surface area (Å²) in [5, 5.41) is 10.4. The lowest BCUT2D eigenvalue weighted by molar-refractivity contribution is -0.175. The molecule has 0 aromatic heterocycles. The van der Waals surface area contributed by atoms with Gasteiger partial charge in [-0.25, -0.2) is 0 Å². The van der Waals surface area contributed by atoms with E-state index >= 15 is 0 Å². The minimum Gasteiger partial charge on any atom is -0.504 e. The first-order chi connectivity index (χ1) is 19.4. The Labute approximate surface area is 251 Å². The highest BCUT2D eigenvalue weighted by Crippen LogP contribution is 2.75. The third-order valence-electron chi connectivity index (χ3n) is 12.8. The second kappa shape index (κ2) is 9.93. The molecule has 0 heterocycles. The number of amides is 1. The van der Waals surface area contributed by atoms with Crippen LogP contribution in [0, 0.1) is 33.0 Å². The van der Waals surface area contributed by atoms with E-state index < -0.39 is 11.9 Å². The Morgan fingerprint density at radius 2 is 1.71 bits per heavy atom. The van der Waals surface area contributed by atoms with Gasteiger partial charge in [0.15, 0.2) is 5.76 Å². The highest BCUT2D eigenvalue weighted by molar-refractivity contribution is 6.06. The van der Waals surface area contributed by atoms with Crippen molar-refractivity contribution < 1.29 is 24.2 Å². The Kier molecular flexibility index (Phi) is 7.28. The molecule has 3 saturated carbocycles. The lowest BCUT2D eigenvalue weighted by atomic mass is 9.34. The molecular formula is C35H50N2O5. The van der Waals surface area contributed by atoms with Crippen LogP contribution in [0.25, 0.3) is 0 Å². The first-order valence-corrected chi connectivity index (χ1v) is 15.6. The maximum Gasteiger partial charge on any atom is 0.323 e. The van der Waals surface area contributed by atoms with Gasteiger partial charge in [0.05, 0.1) is 13.0 Å². The number of esters is 1. The van der Waals surface area contributed by atoms with Crippen LogP contribution in [-0.4, -0.2) is 54.4 Å². The molecular weight excluding hydrogens is 528 g/mol. The van der Waals surface area contributed by atoms with E-state index in [9.17, 15) is 19.5 Å². The molecule has 230 valence electrons. The molecule has 5 aliphatic rings. The number of fused-ring (bicyclic) bond motifs is 7. The van der Waals surface area contributed by atoms with Gasteiger partial charge < -0.3 is 15.6 Å². The summed E-state index contributed by atoms with van der Waals surface area (Å²) in [4.78, 5) is 39.1. The number of hydrogen-bond donors (Lipinski definition) is 2. The quantitative estimate of drug-likeness (QED) is 0.376. The van der Waals surface area contributed by atoms with Crippen molar-refractivity contribution in [1.82, 2.24) is 4.90 Å². The normalized spacial score (nSPS) is 40.1. The Bertz CT molecular complexity index is 1350. The average Bonchev–Trinajstić information content (AvgIpc) is 2.92. The number of aliphatic hydroxyl groups is 1. The minimum absolute atomic E-state index is 0.0345. The van der Waals surface area contributed by atoms with Gasteiger partial charge in [-0.05, 0) is 105 Å². The molecule has 0 spiro atoms. The topological polar surface area (TPSA) is 110 Å². The fourth-order valence-corrected chi connectivity index (χ4v) is 9.66. The molecule has 7 heteroatoms. The monoisotopic (exact) mass is 578 g/mol. The molecule has 42 heavy (non-hydrogen) atoms. The molecule has 0 bridgehead atoms. The maximum atomic E-state index is 13.0. The van der Waals surface area contributed by atoms with Crippen LogP contribution in [0.2, 0.25) is 0 Å². The number of rotatable bonds is 6. The van der Waals surface area contributed by atoms with E-state index in [1.807, 2.05) is 6.92 Å². The number of carbonyl (C=O) groups is 3. The molecule has 0 saturated heterocycles. The second-order valence-corrected chi connectivity index (χ2v) is 15.6. The van der Waals surface area contributed by atoms with Gasteiger partial charge in [0.25, 0.3) is 0 Å². The highest BCUT2D eigenvalue weighted by atomic mass is 16.5. The number of primary amides is 1. The predicted octanol–water partition coefficient (Wildman–Crippen LogP) is 5.96. The zero-order valence-corrected chi connectivity index (χ0v) is 26.9. The van der Waals surface area contributed by atoms with E-state index in [-0.39, 0.29) is 51.0 Å². The van der Waals surface area contributed by atoms with Crippen molar-refractivity contribution in [1.29, 1.82) is 0 Å². The van der Waals surface area contributed by atoms with E-state index in [2.05, 4.69) is 46.8 Å². The van der Waals surface area contributed by atoms with Gasteiger partial charge in [-0.15, -0.1) is 0 Å². The molecule has 0 radical (unpaired) electrons. The third kappa shape index (κ3) is 4.44. The Morgan fingerprint density at radius 3 is 2.36 bits per heavy atom. The molecule has 3 fully saturated rings. The first kappa shape index (κ1) is 30.8. The summed E-state index contributed by atoms with van der Waals surface area (Å²) in [7, 11) is 3.53. The summed E-state index contributed by atoms with van der Waals surface area (Å²) >= 11 is 0. The van der Waals surface area contributed by atoms with Crippen molar-refractivity contribution in [3.63, 3.8) is 0 Å². The number of hydrogen-bond acceptors (Lipinski definition) is 6. The third-order valence-corrected chi connectivity index (χ3v) is 12.8. The summed E-state index contributed by atoms with van der Waals surface area (Å²) in [6.45, 7) is 14.2. The Balaban J connectivity index is 1.45. The van der Waals surface area contributed by atoms with Gasteiger partial charge in [0, 0.05) is 16.4 Å². The van der Waals surface area contributed by atoms with Gasteiger partial charge in [0.1, 0.15) is 6.04 Å². The molecule has 0 aromatic carbocycles. The number of allylic oxidation sites excluding steroid dienone is 7. The highest BCUT2D eigenvalue weighted by Gasteiger charge is 2.66. The molecule has 7 nitrogen and oxygen atoms in total. The fraction of sp³-hybridized carbons (Fsp3) is 0.686. The van der Waals surface area contributed by atoms with Crippen LogP contribution in [-0.2, 0) is 19.1 Å². The number of nitrogens with zero attached hydrogens (tertiary/aromatic N) is 1. The summed E-state index contributed by atoms with van der Waals surface area (Å²) < 4.78 is 5.93. The molecule has 1 unspecified atom stereocenters. The fourth-order valence-electron chi connectivity index (χ4n) is 9.66. The van der Waals surface area contributed by atoms with Gasteiger partial charge in [-0.1, -0.05) is 52.3 Å². The summed E-state index contributed by atoms with van der Waals surface area (Å²) in [6.07, 6.45) is 13.4. The smallest absolute Gasteiger partial charge is 0.323 e. The Morgan fingerprint density at radius 1 is 1.05 bits per heavy atom. The lowest BCUT2D eigenvalue weighted by Gasteiger charge is -2.70. The van der Waals surface area contributed by atoms with E-state index in [1.54, 1.807) is 25.1 Å². The van der Waals surface area contributed by atoms with Crippen LogP contribution in [0.5, 0.6) is 0 Å².